The standard InChI is InChI=1S/C5H11ClO3S.ClH/c6-4-2-1-3-5-10(7,8)9;/h1-5H2,(H,7,8,9);1H. The van der Waals surface area contributed by atoms with Crippen LogP contribution in [-0.2, 0) is 10.1 Å². The van der Waals surface area contributed by atoms with Crippen LogP contribution in [0.15, 0.2) is 0 Å². The van der Waals surface area contributed by atoms with Gasteiger partial charge in [-0.3, -0.25) is 4.55 Å². The van der Waals surface area contributed by atoms with Gasteiger partial charge < -0.3 is 0 Å². The summed E-state index contributed by atoms with van der Waals surface area (Å²) < 4.78 is 28.5. The van der Waals surface area contributed by atoms with Crippen molar-refractivity contribution in [3.63, 3.8) is 0 Å². The molecule has 0 bridgehead atoms. The summed E-state index contributed by atoms with van der Waals surface area (Å²) in [6, 6.07) is 0. The van der Waals surface area contributed by atoms with Gasteiger partial charge in [0.15, 0.2) is 0 Å². The zero-order valence-corrected chi connectivity index (χ0v) is 8.38. The number of alkyl halides is 1. The summed E-state index contributed by atoms with van der Waals surface area (Å²) in [5.74, 6) is 0.398. The van der Waals surface area contributed by atoms with E-state index in [0.29, 0.717) is 12.3 Å². The van der Waals surface area contributed by atoms with Crippen LogP contribution >= 0.6 is 24.0 Å². The van der Waals surface area contributed by atoms with Crippen molar-refractivity contribution in [1.82, 2.24) is 0 Å². The zero-order chi connectivity index (χ0) is 8.04. The highest BCUT2D eigenvalue weighted by atomic mass is 35.5. The molecule has 0 aliphatic carbocycles. The van der Waals surface area contributed by atoms with E-state index in [9.17, 15) is 8.42 Å². The second kappa shape index (κ2) is 7.16. The zero-order valence-electron chi connectivity index (χ0n) is 5.99. The van der Waals surface area contributed by atoms with E-state index in [1.54, 1.807) is 0 Å². The largest absolute Gasteiger partial charge is 0.286 e. The summed E-state index contributed by atoms with van der Waals surface area (Å²) in [6.45, 7) is 0. The lowest BCUT2D eigenvalue weighted by molar-refractivity contribution is 0.480. The first-order valence-corrected chi connectivity index (χ1v) is 5.22. The van der Waals surface area contributed by atoms with Crippen LogP contribution in [0.2, 0.25) is 0 Å². The quantitative estimate of drug-likeness (QED) is 0.438. The fraction of sp³-hybridized carbons (Fsp3) is 1.00. The number of unbranched alkanes of at least 4 members (excludes halogenated alkanes) is 2. The Morgan fingerprint density at radius 3 is 2.09 bits per heavy atom. The maximum Gasteiger partial charge on any atom is 0.264 e. The Bertz CT molecular complexity index is 167. The van der Waals surface area contributed by atoms with Gasteiger partial charge in [-0.1, -0.05) is 6.42 Å². The minimum Gasteiger partial charge on any atom is -0.286 e. The van der Waals surface area contributed by atoms with Gasteiger partial charge in [-0.15, -0.1) is 24.0 Å². The first-order chi connectivity index (χ1) is 4.56. The molecular formula is C5H12Cl2O3S. The third-order valence-corrected chi connectivity index (χ3v) is 2.11. The van der Waals surface area contributed by atoms with Crippen LogP contribution in [0.5, 0.6) is 0 Å². The molecule has 1 N–H and O–H groups in total. The molecule has 0 saturated carbocycles. The third kappa shape index (κ3) is 13.5. The molecule has 70 valence electrons. The highest BCUT2D eigenvalue weighted by molar-refractivity contribution is 7.85. The number of halogens is 2. The van der Waals surface area contributed by atoms with Crippen molar-refractivity contribution in [2.45, 2.75) is 19.3 Å². The minimum atomic E-state index is -3.75. The minimum absolute atomic E-state index is 0. The highest BCUT2D eigenvalue weighted by Crippen LogP contribution is 1.99. The molecule has 0 fully saturated rings. The first kappa shape index (κ1) is 14.0. The Labute approximate surface area is 78.3 Å². The van der Waals surface area contributed by atoms with E-state index >= 15 is 0 Å². The van der Waals surface area contributed by atoms with Crippen molar-refractivity contribution in [3.05, 3.63) is 0 Å². The lowest BCUT2D eigenvalue weighted by Gasteiger charge is -1.94. The Hall–Kier alpha value is 0.490. The summed E-state index contributed by atoms with van der Waals surface area (Å²) in [4.78, 5) is 0. The van der Waals surface area contributed by atoms with Crippen LogP contribution in [0.4, 0.5) is 0 Å². The molecule has 0 aromatic rings. The molecule has 0 aliphatic heterocycles. The number of hydrogen-bond donors (Lipinski definition) is 1. The molecule has 11 heavy (non-hydrogen) atoms. The van der Waals surface area contributed by atoms with Crippen LogP contribution in [-0.4, -0.2) is 24.6 Å². The lowest BCUT2D eigenvalue weighted by atomic mass is 10.3. The van der Waals surface area contributed by atoms with Crippen molar-refractivity contribution in [2.75, 3.05) is 11.6 Å². The van der Waals surface area contributed by atoms with Gasteiger partial charge in [-0.2, -0.15) is 8.42 Å². The lowest BCUT2D eigenvalue weighted by Crippen LogP contribution is -2.03. The molecule has 0 heterocycles. The molecule has 3 nitrogen and oxygen atoms in total. The van der Waals surface area contributed by atoms with Crippen LogP contribution in [0.1, 0.15) is 19.3 Å². The predicted molar refractivity (Wildman–Crippen MR) is 48.2 cm³/mol. The molecule has 0 amide bonds. The van der Waals surface area contributed by atoms with Crippen LogP contribution in [0.25, 0.3) is 0 Å². The average molecular weight is 223 g/mol. The summed E-state index contributed by atoms with van der Waals surface area (Å²) in [5.41, 5.74) is 0. The van der Waals surface area contributed by atoms with Crippen molar-refractivity contribution in [1.29, 1.82) is 0 Å². The molecule has 0 aliphatic rings. The van der Waals surface area contributed by atoms with Gasteiger partial charge in [0.2, 0.25) is 0 Å². The normalized spacial score (nSPS) is 10.7. The molecule has 0 aromatic heterocycles. The number of rotatable bonds is 5. The van der Waals surface area contributed by atoms with E-state index in [4.69, 9.17) is 16.2 Å². The second-order valence-corrected chi connectivity index (χ2v) is 3.99. The van der Waals surface area contributed by atoms with E-state index in [-0.39, 0.29) is 18.2 Å². The van der Waals surface area contributed by atoms with E-state index < -0.39 is 10.1 Å². The monoisotopic (exact) mass is 222 g/mol. The third-order valence-electron chi connectivity index (χ3n) is 1.04. The van der Waals surface area contributed by atoms with Crippen LogP contribution in [0, 0.1) is 0 Å². The van der Waals surface area contributed by atoms with E-state index in [0.717, 1.165) is 12.8 Å². The smallest absolute Gasteiger partial charge is 0.264 e. The molecule has 0 atom stereocenters. The Kier molecular flexibility index (Phi) is 9.13. The molecular weight excluding hydrogens is 211 g/mol. The number of hydrogen-bond acceptors (Lipinski definition) is 2. The molecule has 6 heteroatoms. The predicted octanol–water partition coefficient (Wildman–Crippen LogP) is 1.71. The summed E-state index contributed by atoms with van der Waals surface area (Å²) in [7, 11) is -3.75. The van der Waals surface area contributed by atoms with Crippen molar-refractivity contribution < 1.29 is 13.0 Å². The summed E-state index contributed by atoms with van der Waals surface area (Å²) in [6.07, 6.45) is 2.05. The second-order valence-electron chi connectivity index (χ2n) is 2.04. The highest BCUT2D eigenvalue weighted by Gasteiger charge is 2.01. The van der Waals surface area contributed by atoms with Gasteiger partial charge in [0.25, 0.3) is 10.1 Å². The first-order valence-electron chi connectivity index (χ1n) is 3.07. The molecule has 0 spiro atoms. The van der Waals surface area contributed by atoms with Crippen LogP contribution < -0.4 is 0 Å². The average Bonchev–Trinajstić information content (AvgIpc) is 1.78. The fourth-order valence-electron chi connectivity index (χ4n) is 0.556. The molecule has 0 radical (unpaired) electrons. The van der Waals surface area contributed by atoms with Crippen molar-refractivity contribution >= 4 is 34.1 Å². The molecule has 0 aromatic carbocycles. The van der Waals surface area contributed by atoms with Gasteiger partial charge in [-0.05, 0) is 12.8 Å². The Balaban J connectivity index is 0. The fourth-order valence-corrected chi connectivity index (χ4v) is 1.31. The maximum atomic E-state index is 10.1. The topological polar surface area (TPSA) is 54.4 Å². The SMILES string of the molecule is Cl.O=S(=O)(O)CCCCCCl. The van der Waals surface area contributed by atoms with Gasteiger partial charge in [-0.25, -0.2) is 0 Å². The summed E-state index contributed by atoms with van der Waals surface area (Å²) in [5, 5.41) is 0. The summed E-state index contributed by atoms with van der Waals surface area (Å²) >= 11 is 5.34. The van der Waals surface area contributed by atoms with Crippen molar-refractivity contribution in [2.24, 2.45) is 0 Å². The van der Waals surface area contributed by atoms with Gasteiger partial charge in [0.1, 0.15) is 0 Å². The van der Waals surface area contributed by atoms with E-state index in [1.165, 1.54) is 0 Å². The Morgan fingerprint density at radius 2 is 1.73 bits per heavy atom. The van der Waals surface area contributed by atoms with Gasteiger partial charge in [0.05, 0.1) is 5.75 Å². The maximum absolute atomic E-state index is 10.1. The van der Waals surface area contributed by atoms with Crippen molar-refractivity contribution in [3.8, 4) is 0 Å². The van der Waals surface area contributed by atoms with Gasteiger partial charge in [0, 0.05) is 5.88 Å². The Morgan fingerprint density at radius 1 is 1.18 bits per heavy atom. The molecule has 0 unspecified atom stereocenters. The van der Waals surface area contributed by atoms with Gasteiger partial charge >= 0.3 is 0 Å². The van der Waals surface area contributed by atoms with Crippen LogP contribution in [0.3, 0.4) is 0 Å². The molecule has 0 rings (SSSR count). The van der Waals surface area contributed by atoms with E-state index in [1.807, 2.05) is 0 Å². The molecule has 0 saturated heterocycles. The van der Waals surface area contributed by atoms with E-state index in [2.05, 4.69) is 0 Å².